The van der Waals surface area contributed by atoms with Crippen molar-refractivity contribution in [1.82, 2.24) is 5.32 Å². The SMILES string of the molecule is O=C(CC1S/C(=N/N=C/c2ccc(F)cc2)NC1=O)c1ccc(Br)cc1. The number of hydrogen-bond acceptors (Lipinski definition) is 5. The number of nitrogens with one attached hydrogen (secondary N) is 1. The second-order valence-corrected chi connectivity index (χ2v) is 7.54. The van der Waals surface area contributed by atoms with E-state index in [9.17, 15) is 14.0 Å². The molecule has 0 bridgehead atoms. The molecule has 0 spiro atoms. The summed E-state index contributed by atoms with van der Waals surface area (Å²) in [4.78, 5) is 24.3. The van der Waals surface area contributed by atoms with Crippen molar-refractivity contribution in [3.8, 4) is 0 Å². The van der Waals surface area contributed by atoms with Crippen LogP contribution in [0.2, 0.25) is 0 Å². The van der Waals surface area contributed by atoms with Gasteiger partial charge in [0.25, 0.3) is 0 Å². The summed E-state index contributed by atoms with van der Waals surface area (Å²) in [5, 5.41) is 10.2. The molecular formula is C18H13BrFN3O2S. The molecule has 5 nitrogen and oxygen atoms in total. The first kappa shape index (κ1) is 18.5. The topological polar surface area (TPSA) is 70.9 Å². The van der Waals surface area contributed by atoms with Crippen molar-refractivity contribution in [2.45, 2.75) is 11.7 Å². The highest BCUT2D eigenvalue weighted by Gasteiger charge is 2.32. The molecule has 26 heavy (non-hydrogen) atoms. The van der Waals surface area contributed by atoms with Crippen LogP contribution < -0.4 is 5.32 Å². The molecule has 1 saturated heterocycles. The van der Waals surface area contributed by atoms with Crippen LogP contribution in [-0.2, 0) is 4.79 Å². The molecule has 1 amide bonds. The number of Topliss-reactive ketones (excluding diaryl/α,β-unsaturated/α-hetero) is 1. The summed E-state index contributed by atoms with van der Waals surface area (Å²) < 4.78 is 13.7. The Hall–Kier alpha value is -2.32. The van der Waals surface area contributed by atoms with E-state index in [1.165, 1.54) is 30.1 Å². The highest BCUT2D eigenvalue weighted by Crippen LogP contribution is 2.24. The molecule has 0 aliphatic carbocycles. The predicted octanol–water partition coefficient (Wildman–Crippen LogP) is 3.78. The van der Waals surface area contributed by atoms with E-state index in [-0.39, 0.29) is 23.9 Å². The maximum absolute atomic E-state index is 12.8. The van der Waals surface area contributed by atoms with Crippen LogP contribution in [-0.4, -0.2) is 28.3 Å². The van der Waals surface area contributed by atoms with Crippen LogP contribution in [0.4, 0.5) is 4.39 Å². The average Bonchev–Trinajstić information content (AvgIpc) is 2.97. The number of nitrogens with zero attached hydrogens (tertiary/aromatic N) is 2. The summed E-state index contributed by atoms with van der Waals surface area (Å²) >= 11 is 4.49. The number of amidine groups is 1. The quantitative estimate of drug-likeness (QED) is 0.443. The Morgan fingerprint density at radius 2 is 1.88 bits per heavy atom. The third kappa shape index (κ3) is 4.86. The van der Waals surface area contributed by atoms with E-state index in [2.05, 4.69) is 31.4 Å². The van der Waals surface area contributed by atoms with E-state index in [1.807, 2.05) is 0 Å². The lowest BCUT2D eigenvalue weighted by molar-refractivity contribution is -0.118. The fourth-order valence-electron chi connectivity index (χ4n) is 2.21. The van der Waals surface area contributed by atoms with Gasteiger partial charge in [-0.2, -0.15) is 5.10 Å². The number of benzene rings is 2. The third-order valence-electron chi connectivity index (χ3n) is 3.54. The highest BCUT2D eigenvalue weighted by molar-refractivity contribution is 9.10. The molecule has 0 saturated carbocycles. The van der Waals surface area contributed by atoms with Gasteiger partial charge in [0.2, 0.25) is 5.91 Å². The average molecular weight is 434 g/mol. The zero-order valence-electron chi connectivity index (χ0n) is 13.4. The molecule has 1 N–H and O–H groups in total. The van der Waals surface area contributed by atoms with E-state index < -0.39 is 5.25 Å². The summed E-state index contributed by atoms with van der Waals surface area (Å²) in [5.74, 6) is -0.706. The molecule has 8 heteroatoms. The van der Waals surface area contributed by atoms with Gasteiger partial charge >= 0.3 is 0 Å². The first-order chi connectivity index (χ1) is 12.5. The Balaban J connectivity index is 1.60. The number of rotatable bonds is 5. The van der Waals surface area contributed by atoms with Crippen LogP contribution in [0.25, 0.3) is 0 Å². The number of ketones is 1. The Labute approximate surface area is 161 Å². The van der Waals surface area contributed by atoms with Crippen LogP contribution in [0.1, 0.15) is 22.3 Å². The second kappa shape index (κ2) is 8.37. The smallest absolute Gasteiger partial charge is 0.240 e. The van der Waals surface area contributed by atoms with Gasteiger partial charge in [-0.3, -0.25) is 9.59 Å². The van der Waals surface area contributed by atoms with Gasteiger partial charge < -0.3 is 5.32 Å². The standard InChI is InChI=1S/C18H13BrFN3O2S/c19-13-5-3-12(4-6-13)15(24)9-16-17(25)22-18(26-16)23-21-10-11-1-7-14(20)8-2-11/h1-8,10,16H,9H2,(H,22,23,25)/b21-10+. The molecule has 1 unspecified atom stereocenters. The minimum Gasteiger partial charge on any atom is -0.303 e. The van der Waals surface area contributed by atoms with E-state index >= 15 is 0 Å². The molecular weight excluding hydrogens is 421 g/mol. The van der Waals surface area contributed by atoms with Crippen LogP contribution in [0, 0.1) is 5.82 Å². The Bertz CT molecular complexity index is 882. The maximum atomic E-state index is 12.8. The number of amides is 1. The van der Waals surface area contributed by atoms with E-state index in [0.29, 0.717) is 16.3 Å². The molecule has 2 aromatic carbocycles. The lowest BCUT2D eigenvalue weighted by Gasteiger charge is -2.04. The van der Waals surface area contributed by atoms with E-state index in [1.54, 1.807) is 36.4 Å². The fraction of sp³-hybridized carbons (Fsp3) is 0.111. The molecule has 132 valence electrons. The third-order valence-corrected chi connectivity index (χ3v) is 5.14. The molecule has 3 rings (SSSR count). The molecule has 1 heterocycles. The maximum Gasteiger partial charge on any atom is 0.240 e. The second-order valence-electron chi connectivity index (χ2n) is 5.43. The molecule has 2 aromatic rings. The Morgan fingerprint density at radius 3 is 2.58 bits per heavy atom. The largest absolute Gasteiger partial charge is 0.303 e. The molecule has 1 aliphatic heterocycles. The Morgan fingerprint density at radius 1 is 1.19 bits per heavy atom. The van der Waals surface area contributed by atoms with Gasteiger partial charge in [0.15, 0.2) is 11.0 Å². The van der Waals surface area contributed by atoms with Gasteiger partial charge in [0.05, 0.1) is 11.5 Å². The van der Waals surface area contributed by atoms with Crippen molar-refractivity contribution in [1.29, 1.82) is 0 Å². The lowest BCUT2D eigenvalue weighted by atomic mass is 10.1. The number of carbonyl (C=O) groups is 2. The number of thioether (sulfide) groups is 1. The summed E-state index contributed by atoms with van der Waals surface area (Å²) in [6.07, 6.45) is 1.54. The van der Waals surface area contributed by atoms with Crippen molar-refractivity contribution in [3.05, 3.63) is 69.9 Å². The fourth-order valence-corrected chi connectivity index (χ4v) is 3.39. The molecule has 1 aliphatic rings. The normalized spacial score (nSPS) is 18.5. The number of halogens is 2. The summed E-state index contributed by atoms with van der Waals surface area (Å²) in [7, 11) is 0. The zero-order chi connectivity index (χ0) is 18.5. The zero-order valence-corrected chi connectivity index (χ0v) is 15.8. The van der Waals surface area contributed by atoms with Gasteiger partial charge in [-0.25, -0.2) is 4.39 Å². The van der Waals surface area contributed by atoms with E-state index in [4.69, 9.17) is 0 Å². The minimum absolute atomic E-state index is 0.0822. The van der Waals surface area contributed by atoms with Gasteiger partial charge in [-0.1, -0.05) is 52.0 Å². The first-order valence-corrected chi connectivity index (χ1v) is 9.31. The van der Waals surface area contributed by atoms with E-state index in [0.717, 1.165) is 4.47 Å². The van der Waals surface area contributed by atoms with Crippen molar-refractivity contribution >= 4 is 50.8 Å². The van der Waals surface area contributed by atoms with Crippen LogP contribution in [0.5, 0.6) is 0 Å². The van der Waals surface area contributed by atoms with Gasteiger partial charge in [0, 0.05) is 16.5 Å². The summed E-state index contributed by atoms with van der Waals surface area (Å²) in [6, 6.07) is 12.8. The first-order valence-electron chi connectivity index (χ1n) is 7.64. The van der Waals surface area contributed by atoms with Gasteiger partial charge in [-0.15, -0.1) is 5.10 Å². The molecule has 0 radical (unpaired) electrons. The predicted molar refractivity (Wildman–Crippen MR) is 104 cm³/mol. The molecule has 1 fully saturated rings. The van der Waals surface area contributed by atoms with Gasteiger partial charge in [0.1, 0.15) is 5.82 Å². The lowest BCUT2D eigenvalue weighted by Crippen LogP contribution is -2.26. The summed E-state index contributed by atoms with van der Waals surface area (Å²) in [6.45, 7) is 0. The highest BCUT2D eigenvalue weighted by atomic mass is 79.9. The van der Waals surface area contributed by atoms with Gasteiger partial charge in [-0.05, 0) is 29.8 Å². The molecule has 0 aromatic heterocycles. The summed E-state index contributed by atoms with van der Waals surface area (Å²) in [5.41, 5.74) is 1.24. The van der Waals surface area contributed by atoms with Crippen molar-refractivity contribution in [2.24, 2.45) is 10.2 Å². The van der Waals surface area contributed by atoms with Crippen molar-refractivity contribution < 1.29 is 14.0 Å². The van der Waals surface area contributed by atoms with Crippen molar-refractivity contribution in [3.63, 3.8) is 0 Å². The van der Waals surface area contributed by atoms with Crippen LogP contribution >= 0.6 is 27.7 Å². The van der Waals surface area contributed by atoms with Crippen molar-refractivity contribution in [2.75, 3.05) is 0 Å². The minimum atomic E-state index is -0.536. The Kier molecular flexibility index (Phi) is 5.95. The molecule has 1 atom stereocenters. The number of hydrogen-bond donors (Lipinski definition) is 1. The number of carbonyl (C=O) groups excluding carboxylic acids is 2. The van der Waals surface area contributed by atoms with Crippen LogP contribution in [0.15, 0.2) is 63.2 Å². The monoisotopic (exact) mass is 433 g/mol. The van der Waals surface area contributed by atoms with Crippen LogP contribution in [0.3, 0.4) is 0 Å².